The van der Waals surface area contributed by atoms with Gasteiger partial charge in [0.15, 0.2) is 8.68 Å². The van der Waals surface area contributed by atoms with E-state index in [1.165, 1.54) is 17.3 Å². The number of amides is 1. The standard InChI is InChI=1S/C16H21N3OS3/c1-4-11(3)12-8-6-7-9-13(12)17-14(20)10-22-16-19-18-15(23-16)21-5-2/h6-9,11H,4-5,10H2,1-3H3,(H,17,20)/t11-/m1/s1. The van der Waals surface area contributed by atoms with E-state index in [-0.39, 0.29) is 5.91 Å². The van der Waals surface area contributed by atoms with E-state index in [0.29, 0.717) is 11.7 Å². The monoisotopic (exact) mass is 367 g/mol. The van der Waals surface area contributed by atoms with Gasteiger partial charge in [0.05, 0.1) is 5.75 Å². The van der Waals surface area contributed by atoms with Crippen LogP contribution >= 0.6 is 34.9 Å². The van der Waals surface area contributed by atoms with Gasteiger partial charge >= 0.3 is 0 Å². The van der Waals surface area contributed by atoms with Crippen molar-refractivity contribution in [1.29, 1.82) is 0 Å². The van der Waals surface area contributed by atoms with Crippen molar-refractivity contribution in [2.75, 3.05) is 16.8 Å². The summed E-state index contributed by atoms with van der Waals surface area (Å²) < 4.78 is 1.80. The molecule has 0 aliphatic rings. The number of para-hydroxylation sites is 1. The highest BCUT2D eigenvalue weighted by Gasteiger charge is 2.12. The highest BCUT2D eigenvalue weighted by molar-refractivity contribution is 8.03. The van der Waals surface area contributed by atoms with Gasteiger partial charge in [-0.1, -0.05) is 73.8 Å². The second-order valence-corrected chi connectivity index (χ2v) is 8.71. The van der Waals surface area contributed by atoms with Gasteiger partial charge in [-0.15, -0.1) is 10.2 Å². The second-order valence-electron chi connectivity index (χ2n) is 5.00. The van der Waals surface area contributed by atoms with Crippen LogP contribution in [-0.2, 0) is 4.79 Å². The first-order chi connectivity index (χ1) is 11.1. The number of benzene rings is 1. The average molecular weight is 368 g/mol. The molecule has 0 saturated heterocycles. The molecule has 4 nitrogen and oxygen atoms in total. The van der Waals surface area contributed by atoms with E-state index in [2.05, 4.69) is 42.4 Å². The zero-order chi connectivity index (χ0) is 16.7. The van der Waals surface area contributed by atoms with Gasteiger partial charge < -0.3 is 5.32 Å². The Kier molecular flexibility index (Phi) is 7.39. The van der Waals surface area contributed by atoms with Gasteiger partial charge in [0.2, 0.25) is 5.91 Å². The maximum Gasteiger partial charge on any atom is 0.234 e. The van der Waals surface area contributed by atoms with Gasteiger partial charge in [-0.05, 0) is 29.7 Å². The maximum absolute atomic E-state index is 12.2. The summed E-state index contributed by atoms with van der Waals surface area (Å²) in [5, 5.41) is 11.2. The number of carbonyl (C=O) groups is 1. The number of hydrogen-bond acceptors (Lipinski definition) is 6. The third-order valence-electron chi connectivity index (χ3n) is 3.36. The lowest BCUT2D eigenvalue weighted by molar-refractivity contribution is -0.113. The Bertz CT molecular complexity index is 645. The van der Waals surface area contributed by atoms with E-state index in [0.717, 1.165) is 26.5 Å². The van der Waals surface area contributed by atoms with Crippen LogP contribution in [0.4, 0.5) is 5.69 Å². The molecule has 1 aromatic carbocycles. The first-order valence-corrected chi connectivity index (χ1v) is 10.4. The van der Waals surface area contributed by atoms with E-state index in [1.54, 1.807) is 23.1 Å². The lowest BCUT2D eigenvalue weighted by Crippen LogP contribution is -2.15. The van der Waals surface area contributed by atoms with Crippen molar-refractivity contribution >= 4 is 46.5 Å². The van der Waals surface area contributed by atoms with Crippen molar-refractivity contribution in [3.8, 4) is 0 Å². The Hall–Kier alpha value is -1.05. The fraction of sp³-hybridized carbons (Fsp3) is 0.438. The lowest BCUT2D eigenvalue weighted by atomic mass is 9.97. The van der Waals surface area contributed by atoms with Crippen molar-refractivity contribution in [3.63, 3.8) is 0 Å². The molecule has 7 heteroatoms. The number of rotatable bonds is 8. The molecular formula is C16H21N3OS3. The largest absolute Gasteiger partial charge is 0.325 e. The molecule has 1 aromatic heterocycles. The Morgan fingerprint density at radius 3 is 2.61 bits per heavy atom. The van der Waals surface area contributed by atoms with Crippen molar-refractivity contribution in [1.82, 2.24) is 10.2 Å². The SMILES string of the molecule is CCSc1nnc(SCC(=O)Nc2ccccc2[C@H](C)CC)s1. The molecule has 2 rings (SSSR count). The van der Waals surface area contributed by atoms with Crippen LogP contribution in [0.1, 0.15) is 38.7 Å². The van der Waals surface area contributed by atoms with Crippen LogP contribution in [0.15, 0.2) is 32.9 Å². The Balaban J connectivity index is 1.92. The first kappa shape index (κ1) is 18.3. The molecule has 2 aromatic rings. The van der Waals surface area contributed by atoms with Crippen molar-refractivity contribution < 1.29 is 4.79 Å². The normalized spacial score (nSPS) is 12.1. The molecule has 23 heavy (non-hydrogen) atoms. The fourth-order valence-electron chi connectivity index (χ4n) is 2.01. The predicted molar refractivity (Wildman–Crippen MR) is 101 cm³/mol. The van der Waals surface area contributed by atoms with Crippen LogP contribution in [0.3, 0.4) is 0 Å². The van der Waals surface area contributed by atoms with Gasteiger partial charge in [-0.3, -0.25) is 4.79 Å². The second kappa shape index (κ2) is 9.30. The molecule has 124 valence electrons. The summed E-state index contributed by atoms with van der Waals surface area (Å²) in [6.45, 7) is 6.41. The number of aromatic nitrogens is 2. The lowest BCUT2D eigenvalue weighted by Gasteiger charge is -2.15. The molecular weight excluding hydrogens is 346 g/mol. The zero-order valence-electron chi connectivity index (χ0n) is 13.5. The third kappa shape index (κ3) is 5.51. The Labute approximate surface area is 149 Å². The molecule has 1 atom stereocenters. The molecule has 1 heterocycles. The van der Waals surface area contributed by atoms with Crippen LogP contribution in [0.25, 0.3) is 0 Å². The summed E-state index contributed by atoms with van der Waals surface area (Å²) >= 11 is 4.65. The summed E-state index contributed by atoms with van der Waals surface area (Å²) in [7, 11) is 0. The molecule has 0 unspecified atom stereocenters. The smallest absolute Gasteiger partial charge is 0.234 e. The van der Waals surface area contributed by atoms with Gasteiger partial charge in [-0.2, -0.15) is 0 Å². The summed E-state index contributed by atoms with van der Waals surface area (Å²) in [5.74, 6) is 1.74. The molecule has 0 spiro atoms. The van der Waals surface area contributed by atoms with Crippen LogP contribution in [-0.4, -0.2) is 27.6 Å². The fourth-order valence-corrected chi connectivity index (χ4v) is 4.73. The van der Waals surface area contributed by atoms with Gasteiger partial charge in [0, 0.05) is 5.69 Å². The summed E-state index contributed by atoms with van der Waals surface area (Å²) in [5.41, 5.74) is 2.10. The third-order valence-corrected chi connectivity index (χ3v) is 6.43. The topological polar surface area (TPSA) is 54.9 Å². The van der Waals surface area contributed by atoms with Crippen molar-refractivity contribution in [3.05, 3.63) is 29.8 Å². The van der Waals surface area contributed by atoms with Crippen molar-refractivity contribution in [2.24, 2.45) is 0 Å². The molecule has 0 saturated carbocycles. The maximum atomic E-state index is 12.2. The van der Waals surface area contributed by atoms with Crippen LogP contribution in [0, 0.1) is 0 Å². The Morgan fingerprint density at radius 2 is 1.91 bits per heavy atom. The number of nitrogens with one attached hydrogen (secondary N) is 1. The minimum absolute atomic E-state index is 0.00866. The summed E-state index contributed by atoms with van der Waals surface area (Å²) in [6, 6.07) is 8.01. The van der Waals surface area contributed by atoms with Crippen LogP contribution < -0.4 is 5.32 Å². The van der Waals surface area contributed by atoms with Gasteiger partial charge in [0.25, 0.3) is 0 Å². The van der Waals surface area contributed by atoms with E-state index in [1.807, 2.05) is 18.2 Å². The molecule has 0 fully saturated rings. The quantitative estimate of drug-likeness (QED) is 0.673. The summed E-state index contributed by atoms with van der Waals surface area (Å²) in [6.07, 6.45) is 1.05. The highest BCUT2D eigenvalue weighted by Crippen LogP contribution is 2.29. The highest BCUT2D eigenvalue weighted by atomic mass is 32.2. The van der Waals surface area contributed by atoms with Crippen LogP contribution in [0.5, 0.6) is 0 Å². The van der Waals surface area contributed by atoms with Gasteiger partial charge in [-0.25, -0.2) is 0 Å². The minimum Gasteiger partial charge on any atom is -0.325 e. The van der Waals surface area contributed by atoms with E-state index in [9.17, 15) is 4.79 Å². The minimum atomic E-state index is -0.00866. The number of hydrogen-bond donors (Lipinski definition) is 1. The molecule has 0 aliphatic carbocycles. The van der Waals surface area contributed by atoms with E-state index < -0.39 is 0 Å². The molecule has 1 amide bonds. The zero-order valence-corrected chi connectivity index (χ0v) is 16.0. The first-order valence-electron chi connectivity index (χ1n) is 7.61. The molecule has 0 aliphatic heterocycles. The predicted octanol–water partition coefficient (Wildman–Crippen LogP) is 4.89. The van der Waals surface area contributed by atoms with Crippen molar-refractivity contribution in [2.45, 2.75) is 41.8 Å². The molecule has 0 bridgehead atoms. The number of thioether (sulfide) groups is 2. The van der Waals surface area contributed by atoms with E-state index >= 15 is 0 Å². The summed E-state index contributed by atoms with van der Waals surface area (Å²) in [4.78, 5) is 12.2. The molecule has 1 N–H and O–H groups in total. The average Bonchev–Trinajstić information content (AvgIpc) is 3.01. The van der Waals surface area contributed by atoms with Gasteiger partial charge in [0.1, 0.15) is 0 Å². The number of carbonyl (C=O) groups excluding carboxylic acids is 1. The Morgan fingerprint density at radius 1 is 1.22 bits per heavy atom. The number of anilines is 1. The van der Waals surface area contributed by atoms with Crippen LogP contribution in [0.2, 0.25) is 0 Å². The molecule has 0 radical (unpaired) electrons. The van der Waals surface area contributed by atoms with E-state index in [4.69, 9.17) is 0 Å². The number of nitrogens with zero attached hydrogens (tertiary/aromatic N) is 2.